The van der Waals surface area contributed by atoms with Crippen molar-refractivity contribution in [1.29, 1.82) is 0 Å². The van der Waals surface area contributed by atoms with E-state index in [2.05, 4.69) is 56.3 Å². The fourth-order valence-corrected chi connectivity index (χ4v) is 2.28. The van der Waals surface area contributed by atoms with Crippen LogP contribution in [0.2, 0.25) is 0 Å². The van der Waals surface area contributed by atoms with Crippen LogP contribution in [0, 0.1) is 6.92 Å². The van der Waals surface area contributed by atoms with Gasteiger partial charge in [-0.2, -0.15) is 0 Å². The van der Waals surface area contributed by atoms with E-state index in [4.69, 9.17) is 4.74 Å². The Labute approximate surface area is 95.4 Å². The van der Waals surface area contributed by atoms with Crippen LogP contribution >= 0.6 is 0 Å². The highest BCUT2D eigenvalue weighted by molar-refractivity contribution is 5.94. The summed E-state index contributed by atoms with van der Waals surface area (Å²) in [5.74, 6) is 1.02. The Hall–Kier alpha value is -1.76. The molecule has 0 radical (unpaired) electrons. The standard InChI is InChI=1S/C15H14O/c1-10-9-12-8-7-11(2)16-15(12)14-6-4-3-5-13(10)14/h3-9,11H,1-2H3. The van der Waals surface area contributed by atoms with Crippen molar-refractivity contribution in [2.75, 3.05) is 0 Å². The van der Waals surface area contributed by atoms with Crippen molar-refractivity contribution < 1.29 is 4.74 Å². The summed E-state index contributed by atoms with van der Waals surface area (Å²) in [6, 6.07) is 10.6. The molecule has 1 atom stereocenters. The second-order valence-electron chi connectivity index (χ2n) is 4.34. The molecule has 0 aromatic heterocycles. The van der Waals surface area contributed by atoms with Crippen LogP contribution in [0.15, 0.2) is 36.4 Å². The number of fused-ring (bicyclic) bond motifs is 3. The monoisotopic (exact) mass is 210 g/mol. The van der Waals surface area contributed by atoms with E-state index < -0.39 is 0 Å². The molecular weight excluding hydrogens is 196 g/mol. The first-order valence-corrected chi connectivity index (χ1v) is 5.63. The van der Waals surface area contributed by atoms with Crippen LogP contribution < -0.4 is 4.74 Å². The lowest BCUT2D eigenvalue weighted by molar-refractivity contribution is 0.269. The highest BCUT2D eigenvalue weighted by Crippen LogP contribution is 2.36. The molecule has 0 bridgehead atoms. The number of benzene rings is 2. The maximum Gasteiger partial charge on any atom is 0.135 e. The van der Waals surface area contributed by atoms with Crippen molar-refractivity contribution >= 4 is 16.8 Å². The fourth-order valence-electron chi connectivity index (χ4n) is 2.28. The van der Waals surface area contributed by atoms with E-state index in [0.717, 1.165) is 5.75 Å². The molecule has 1 unspecified atom stereocenters. The molecule has 0 spiro atoms. The summed E-state index contributed by atoms with van der Waals surface area (Å²) in [7, 11) is 0. The Kier molecular flexibility index (Phi) is 2.00. The molecule has 1 heteroatoms. The highest BCUT2D eigenvalue weighted by atomic mass is 16.5. The molecule has 0 N–H and O–H groups in total. The molecule has 0 aliphatic carbocycles. The van der Waals surface area contributed by atoms with Crippen LogP contribution in [-0.2, 0) is 0 Å². The van der Waals surface area contributed by atoms with Crippen molar-refractivity contribution in [3.8, 4) is 5.75 Å². The molecule has 2 aromatic rings. The second-order valence-corrected chi connectivity index (χ2v) is 4.34. The zero-order valence-electron chi connectivity index (χ0n) is 9.53. The Morgan fingerprint density at radius 3 is 2.69 bits per heavy atom. The molecule has 1 aliphatic heterocycles. The van der Waals surface area contributed by atoms with Gasteiger partial charge in [0.2, 0.25) is 0 Å². The van der Waals surface area contributed by atoms with Gasteiger partial charge in [-0.3, -0.25) is 0 Å². The van der Waals surface area contributed by atoms with Gasteiger partial charge < -0.3 is 4.74 Å². The van der Waals surface area contributed by atoms with Gasteiger partial charge in [0.15, 0.2) is 0 Å². The normalized spacial score (nSPS) is 18.2. The van der Waals surface area contributed by atoms with Crippen LogP contribution in [0.1, 0.15) is 18.1 Å². The van der Waals surface area contributed by atoms with E-state index in [1.807, 2.05) is 0 Å². The summed E-state index contributed by atoms with van der Waals surface area (Å²) >= 11 is 0. The number of rotatable bonds is 0. The van der Waals surface area contributed by atoms with E-state index in [1.165, 1.54) is 21.9 Å². The lowest BCUT2D eigenvalue weighted by atomic mass is 9.98. The third-order valence-electron chi connectivity index (χ3n) is 3.08. The largest absolute Gasteiger partial charge is 0.485 e. The van der Waals surface area contributed by atoms with Gasteiger partial charge in [-0.15, -0.1) is 0 Å². The van der Waals surface area contributed by atoms with Crippen LogP contribution in [0.25, 0.3) is 16.8 Å². The molecule has 1 heterocycles. The third-order valence-corrected chi connectivity index (χ3v) is 3.08. The molecule has 0 saturated heterocycles. The molecule has 0 fully saturated rings. The smallest absolute Gasteiger partial charge is 0.135 e. The van der Waals surface area contributed by atoms with E-state index in [9.17, 15) is 0 Å². The Bertz CT molecular complexity index is 581. The predicted octanol–water partition coefficient (Wildman–Crippen LogP) is 3.94. The van der Waals surface area contributed by atoms with Gasteiger partial charge in [0, 0.05) is 10.9 Å². The number of hydrogen-bond acceptors (Lipinski definition) is 1. The predicted molar refractivity (Wildman–Crippen MR) is 67.8 cm³/mol. The first-order chi connectivity index (χ1) is 7.75. The van der Waals surface area contributed by atoms with Gasteiger partial charge in [-0.05, 0) is 36.9 Å². The summed E-state index contributed by atoms with van der Waals surface area (Å²) in [5, 5.41) is 2.50. The molecule has 3 rings (SSSR count). The number of aryl methyl sites for hydroxylation is 1. The topological polar surface area (TPSA) is 9.23 Å². The van der Waals surface area contributed by atoms with Gasteiger partial charge in [-0.1, -0.05) is 30.3 Å². The van der Waals surface area contributed by atoms with Crippen molar-refractivity contribution in [2.24, 2.45) is 0 Å². The molecular formula is C15H14O. The molecule has 0 amide bonds. The zero-order chi connectivity index (χ0) is 11.1. The first-order valence-electron chi connectivity index (χ1n) is 5.63. The van der Waals surface area contributed by atoms with Crippen LogP contribution in [0.5, 0.6) is 5.75 Å². The lowest BCUT2D eigenvalue weighted by Crippen LogP contribution is -2.12. The number of hydrogen-bond donors (Lipinski definition) is 0. The molecule has 1 aliphatic rings. The zero-order valence-corrected chi connectivity index (χ0v) is 9.53. The van der Waals surface area contributed by atoms with Gasteiger partial charge in [0.05, 0.1) is 0 Å². The van der Waals surface area contributed by atoms with E-state index in [0.29, 0.717) is 0 Å². The molecule has 80 valence electrons. The van der Waals surface area contributed by atoms with E-state index >= 15 is 0 Å². The fraction of sp³-hybridized carbons (Fsp3) is 0.200. The van der Waals surface area contributed by atoms with E-state index in [1.54, 1.807) is 0 Å². The van der Waals surface area contributed by atoms with Gasteiger partial charge >= 0.3 is 0 Å². The third kappa shape index (κ3) is 1.32. The van der Waals surface area contributed by atoms with Crippen molar-refractivity contribution in [2.45, 2.75) is 20.0 Å². The van der Waals surface area contributed by atoms with Crippen molar-refractivity contribution in [3.05, 3.63) is 47.5 Å². The van der Waals surface area contributed by atoms with Gasteiger partial charge in [-0.25, -0.2) is 0 Å². The van der Waals surface area contributed by atoms with Crippen LogP contribution in [0.4, 0.5) is 0 Å². The summed E-state index contributed by atoms with van der Waals surface area (Å²) < 4.78 is 5.91. The molecule has 16 heavy (non-hydrogen) atoms. The maximum absolute atomic E-state index is 5.91. The summed E-state index contributed by atoms with van der Waals surface area (Å²) in [6.07, 6.45) is 4.41. The van der Waals surface area contributed by atoms with Crippen LogP contribution in [0.3, 0.4) is 0 Å². The Morgan fingerprint density at radius 1 is 1.12 bits per heavy atom. The average molecular weight is 210 g/mol. The molecule has 2 aromatic carbocycles. The lowest BCUT2D eigenvalue weighted by Gasteiger charge is -2.21. The molecule has 1 nitrogen and oxygen atoms in total. The minimum absolute atomic E-state index is 0.165. The van der Waals surface area contributed by atoms with Gasteiger partial charge in [0.25, 0.3) is 0 Å². The quantitative estimate of drug-likeness (QED) is 0.640. The summed E-state index contributed by atoms with van der Waals surface area (Å²) in [6.45, 7) is 4.21. The average Bonchev–Trinajstić information content (AvgIpc) is 2.31. The number of ether oxygens (including phenoxy) is 1. The minimum atomic E-state index is 0.165. The van der Waals surface area contributed by atoms with Gasteiger partial charge in [0.1, 0.15) is 11.9 Å². The Morgan fingerprint density at radius 2 is 1.88 bits per heavy atom. The summed E-state index contributed by atoms with van der Waals surface area (Å²) in [4.78, 5) is 0. The van der Waals surface area contributed by atoms with E-state index in [-0.39, 0.29) is 6.10 Å². The van der Waals surface area contributed by atoms with Crippen molar-refractivity contribution in [3.63, 3.8) is 0 Å². The van der Waals surface area contributed by atoms with Crippen LogP contribution in [-0.4, -0.2) is 6.10 Å². The maximum atomic E-state index is 5.91. The highest BCUT2D eigenvalue weighted by Gasteiger charge is 2.14. The minimum Gasteiger partial charge on any atom is -0.485 e. The SMILES string of the molecule is Cc1cc2c(c3ccccc13)OC(C)C=C2. The Balaban J connectivity index is 2.39. The summed E-state index contributed by atoms with van der Waals surface area (Å²) in [5.41, 5.74) is 2.49. The first kappa shape index (κ1) is 9.46. The molecule has 0 saturated carbocycles. The van der Waals surface area contributed by atoms with Crippen molar-refractivity contribution in [1.82, 2.24) is 0 Å². The second kappa shape index (κ2) is 3.38.